The number of nitrogens with two attached hydrogens (primary N) is 1. The third kappa shape index (κ3) is 2.92. The summed E-state index contributed by atoms with van der Waals surface area (Å²) in [5, 5.41) is 19.6. The second kappa shape index (κ2) is 5.59. The van der Waals surface area contributed by atoms with Crippen LogP contribution in [0.1, 0.15) is 23.7 Å². The van der Waals surface area contributed by atoms with E-state index in [-0.39, 0.29) is 18.5 Å². The van der Waals surface area contributed by atoms with Gasteiger partial charge in [-0.3, -0.25) is 0 Å². The highest BCUT2D eigenvalue weighted by Crippen LogP contribution is 2.27. The van der Waals surface area contributed by atoms with E-state index in [9.17, 15) is 14.6 Å². The minimum atomic E-state index is -1.30. The summed E-state index contributed by atoms with van der Waals surface area (Å²) in [5.41, 5.74) is 5.83. The van der Waals surface area contributed by atoms with Gasteiger partial charge in [-0.2, -0.15) is 0 Å². The molecule has 0 saturated heterocycles. The van der Waals surface area contributed by atoms with Crippen molar-refractivity contribution in [2.24, 2.45) is 5.73 Å². The summed E-state index contributed by atoms with van der Waals surface area (Å²) in [7, 11) is 0. The second-order valence-corrected chi connectivity index (χ2v) is 4.12. The van der Waals surface area contributed by atoms with E-state index in [0.29, 0.717) is 10.6 Å². The largest absolute Gasteiger partial charge is 0.390 e. The Morgan fingerprint density at radius 3 is 2.62 bits per heavy atom. The standard InChI is InChI=1S/C11H15ClFNO2/c1-6-4-9(13)7(5-8(6)12)11(16)10(15)2-3-14/h4-5,10-11,15-16H,2-3,14H2,1H3. The molecule has 1 aromatic rings. The first-order chi connectivity index (χ1) is 7.47. The van der Waals surface area contributed by atoms with Gasteiger partial charge < -0.3 is 15.9 Å². The van der Waals surface area contributed by atoms with Gasteiger partial charge in [0.15, 0.2) is 0 Å². The summed E-state index contributed by atoms with van der Waals surface area (Å²) >= 11 is 5.83. The zero-order valence-corrected chi connectivity index (χ0v) is 9.71. The fourth-order valence-corrected chi connectivity index (χ4v) is 1.60. The van der Waals surface area contributed by atoms with Gasteiger partial charge in [-0.05, 0) is 37.6 Å². The predicted molar refractivity (Wildman–Crippen MR) is 60.8 cm³/mol. The lowest BCUT2D eigenvalue weighted by molar-refractivity contribution is 0.0130. The van der Waals surface area contributed by atoms with Crippen molar-refractivity contribution < 1.29 is 14.6 Å². The molecule has 0 bridgehead atoms. The summed E-state index contributed by atoms with van der Waals surface area (Å²) in [4.78, 5) is 0. The van der Waals surface area contributed by atoms with Crippen molar-refractivity contribution in [2.75, 3.05) is 6.54 Å². The van der Waals surface area contributed by atoms with Gasteiger partial charge in [0.05, 0.1) is 6.10 Å². The molecular formula is C11H15ClFNO2. The van der Waals surface area contributed by atoms with Crippen LogP contribution in [0.25, 0.3) is 0 Å². The molecule has 0 saturated carbocycles. The molecular weight excluding hydrogens is 233 g/mol. The molecule has 16 heavy (non-hydrogen) atoms. The average molecular weight is 248 g/mol. The van der Waals surface area contributed by atoms with Crippen LogP contribution in [0.3, 0.4) is 0 Å². The monoisotopic (exact) mass is 247 g/mol. The number of halogens is 2. The van der Waals surface area contributed by atoms with Gasteiger partial charge in [-0.1, -0.05) is 11.6 Å². The average Bonchev–Trinajstić information content (AvgIpc) is 2.23. The molecule has 0 aromatic heterocycles. The Balaban J connectivity index is 2.99. The highest BCUT2D eigenvalue weighted by Gasteiger charge is 2.21. The number of aliphatic hydroxyl groups is 2. The minimum absolute atomic E-state index is 0.00319. The van der Waals surface area contributed by atoms with Crippen LogP contribution in [-0.4, -0.2) is 22.9 Å². The van der Waals surface area contributed by atoms with E-state index in [2.05, 4.69) is 0 Å². The van der Waals surface area contributed by atoms with Crippen LogP contribution in [0.5, 0.6) is 0 Å². The van der Waals surface area contributed by atoms with Gasteiger partial charge in [0.25, 0.3) is 0 Å². The summed E-state index contributed by atoms with van der Waals surface area (Å²) in [6, 6.07) is 2.56. The molecule has 1 rings (SSSR count). The van der Waals surface area contributed by atoms with Crippen molar-refractivity contribution in [3.05, 3.63) is 34.1 Å². The van der Waals surface area contributed by atoms with Crippen LogP contribution in [0.2, 0.25) is 5.02 Å². The third-order valence-corrected chi connectivity index (χ3v) is 2.83. The SMILES string of the molecule is Cc1cc(F)c(C(O)C(O)CCN)cc1Cl. The molecule has 0 radical (unpaired) electrons. The number of aryl methyl sites for hydroxylation is 1. The van der Waals surface area contributed by atoms with E-state index in [4.69, 9.17) is 17.3 Å². The molecule has 0 amide bonds. The molecule has 0 fully saturated rings. The third-order valence-electron chi connectivity index (χ3n) is 2.42. The fourth-order valence-electron chi connectivity index (χ4n) is 1.42. The first-order valence-electron chi connectivity index (χ1n) is 4.99. The van der Waals surface area contributed by atoms with Crippen molar-refractivity contribution in [3.63, 3.8) is 0 Å². The molecule has 1 aromatic carbocycles. The summed E-state index contributed by atoms with van der Waals surface area (Å²) in [6.07, 6.45) is -2.19. The highest BCUT2D eigenvalue weighted by molar-refractivity contribution is 6.31. The van der Waals surface area contributed by atoms with Gasteiger partial charge in [0, 0.05) is 10.6 Å². The van der Waals surface area contributed by atoms with Crippen molar-refractivity contribution >= 4 is 11.6 Å². The van der Waals surface area contributed by atoms with Gasteiger partial charge >= 0.3 is 0 Å². The highest BCUT2D eigenvalue weighted by atomic mass is 35.5. The smallest absolute Gasteiger partial charge is 0.129 e. The molecule has 2 atom stereocenters. The molecule has 3 nitrogen and oxygen atoms in total. The van der Waals surface area contributed by atoms with Crippen molar-refractivity contribution in [1.29, 1.82) is 0 Å². The van der Waals surface area contributed by atoms with Crippen LogP contribution in [0.4, 0.5) is 4.39 Å². The van der Waals surface area contributed by atoms with Gasteiger partial charge in [-0.25, -0.2) is 4.39 Å². The number of rotatable bonds is 4. The first-order valence-corrected chi connectivity index (χ1v) is 5.37. The molecule has 4 N–H and O–H groups in total. The van der Waals surface area contributed by atoms with E-state index >= 15 is 0 Å². The Hall–Kier alpha value is -0.680. The zero-order chi connectivity index (χ0) is 12.3. The molecule has 90 valence electrons. The van der Waals surface area contributed by atoms with Crippen LogP contribution in [0.15, 0.2) is 12.1 Å². The number of hydrogen-bond acceptors (Lipinski definition) is 3. The van der Waals surface area contributed by atoms with E-state index < -0.39 is 18.0 Å². The maximum Gasteiger partial charge on any atom is 0.129 e. The molecule has 0 aliphatic rings. The lowest BCUT2D eigenvalue weighted by Crippen LogP contribution is -2.22. The number of benzene rings is 1. The van der Waals surface area contributed by atoms with Crippen LogP contribution < -0.4 is 5.73 Å². The minimum Gasteiger partial charge on any atom is -0.390 e. The summed E-state index contributed by atoms with van der Waals surface area (Å²) in [5.74, 6) is -0.578. The van der Waals surface area contributed by atoms with Crippen LogP contribution in [0, 0.1) is 12.7 Å². The van der Waals surface area contributed by atoms with E-state index in [0.717, 1.165) is 0 Å². The lowest BCUT2D eigenvalue weighted by atomic mass is 10.0. The molecule has 0 spiro atoms. The first kappa shape index (κ1) is 13.4. The second-order valence-electron chi connectivity index (χ2n) is 3.71. The van der Waals surface area contributed by atoms with Gasteiger partial charge in [0.1, 0.15) is 11.9 Å². The maximum absolute atomic E-state index is 13.5. The van der Waals surface area contributed by atoms with E-state index in [1.807, 2.05) is 0 Å². The number of aliphatic hydroxyl groups excluding tert-OH is 2. The van der Waals surface area contributed by atoms with Gasteiger partial charge in [-0.15, -0.1) is 0 Å². The zero-order valence-electron chi connectivity index (χ0n) is 8.95. The Kier molecular flexibility index (Phi) is 4.68. The van der Waals surface area contributed by atoms with E-state index in [1.165, 1.54) is 12.1 Å². The Bertz CT molecular complexity index is 373. The Labute approximate surface area is 98.7 Å². The summed E-state index contributed by atoms with van der Waals surface area (Å²) < 4.78 is 13.5. The normalized spacial score (nSPS) is 14.9. The maximum atomic E-state index is 13.5. The topological polar surface area (TPSA) is 66.5 Å². The molecule has 2 unspecified atom stereocenters. The molecule has 5 heteroatoms. The lowest BCUT2D eigenvalue weighted by Gasteiger charge is -2.18. The van der Waals surface area contributed by atoms with Gasteiger partial charge in [0.2, 0.25) is 0 Å². The Morgan fingerprint density at radius 1 is 1.44 bits per heavy atom. The van der Waals surface area contributed by atoms with Crippen molar-refractivity contribution in [2.45, 2.75) is 25.6 Å². The van der Waals surface area contributed by atoms with Crippen LogP contribution in [-0.2, 0) is 0 Å². The molecule has 0 aliphatic carbocycles. The van der Waals surface area contributed by atoms with Crippen molar-refractivity contribution in [1.82, 2.24) is 0 Å². The van der Waals surface area contributed by atoms with Crippen molar-refractivity contribution in [3.8, 4) is 0 Å². The fraction of sp³-hybridized carbons (Fsp3) is 0.455. The van der Waals surface area contributed by atoms with E-state index in [1.54, 1.807) is 6.92 Å². The van der Waals surface area contributed by atoms with Crippen LogP contribution >= 0.6 is 11.6 Å². The Morgan fingerprint density at radius 2 is 2.06 bits per heavy atom. The molecule has 0 heterocycles. The predicted octanol–water partition coefficient (Wildman–Crippen LogP) is 1.53. The molecule has 0 aliphatic heterocycles. The number of hydrogen-bond donors (Lipinski definition) is 3. The quantitative estimate of drug-likeness (QED) is 0.756. The summed E-state index contributed by atoms with van der Waals surface area (Å²) in [6.45, 7) is 1.89.